The Balaban J connectivity index is 2.67. The number of benzene rings is 1. The molecule has 0 aliphatic carbocycles. The Morgan fingerprint density at radius 2 is 1.93 bits per heavy atom. The average molecular weight is 208 g/mol. The van der Waals surface area contributed by atoms with Crippen LogP contribution in [0.5, 0.6) is 0 Å². The van der Waals surface area contributed by atoms with E-state index in [4.69, 9.17) is 0 Å². The van der Waals surface area contributed by atoms with Crippen LogP contribution < -0.4 is 5.48 Å². The van der Waals surface area contributed by atoms with Crippen molar-refractivity contribution in [2.75, 3.05) is 21.2 Å². The van der Waals surface area contributed by atoms with Gasteiger partial charge in [0.25, 0.3) is 5.91 Å². The molecule has 0 unspecified atom stereocenters. The Hall–Kier alpha value is -1.39. The van der Waals surface area contributed by atoms with Gasteiger partial charge in [-0.05, 0) is 31.8 Å². The van der Waals surface area contributed by atoms with Crippen molar-refractivity contribution in [1.82, 2.24) is 10.4 Å². The van der Waals surface area contributed by atoms with Crippen LogP contribution in [0.25, 0.3) is 0 Å². The second-order valence-electron chi connectivity index (χ2n) is 3.57. The van der Waals surface area contributed by atoms with Crippen molar-refractivity contribution in [2.24, 2.45) is 0 Å². The van der Waals surface area contributed by atoms with Gasteiger partial charge in [0.05, 0.1) is 7.11 Å². The number of rotatable bonds is 4. The lowest BCUT2D eigenvalue weighted by molar-refractivity contribution is 0.0537. The van der Waals surface area contributed by atoms with Crippen LogP contribution in [0.4, 0.5) is 0 Å². The van der Waals surface area contributed by atoms with E-state index < -0.39 is 0 Å². The fourth-order valence-electron chi connectivity index (χ4n) is 1.28. The minimum atomic E-state index is -0.228. The van der Waals surface area contributed by atoms with Crippen molar-refractivity contribution in [3.05, 3.63) is 35.4 Å². The van der Waals surface area contributed by atoms with E-state index in [1.54, 1.807) is 12.1 Å². The van der Waals surface area contributed by atoms with Crippen LogP contribution in [0.3, 0.4) is 0 Å². The smallest absolute Gasteiger partial charge is 0.274 e. The SMILES string of the molecule is CONC(=O)c1ccc(CN(C)C)cc1. The zero-order chi connectivity index (χ0) is 11.3. The third kappa shape index (κ3) is 3.69. The molecule has 0 aliphatic heterocycles. The highest BCUT2D eigenvalue weighted by molar-refractivity contribution is 5.93. The number of hydrogen-bond acceptors (Lipinski definition) is 3. The van der Waals surface area contributed by atoms with Crippen molar-refractivity contribution < 1.29 is 9.63 Å². The molecule has 0 atom stereocenters. The Morgan fingerprint density at radius 3 is 2.40 bits per heavy atom. The molecule has 1 amide bonds. The quantitative estimate of drug-likeness (QED) is 0.752. The predicted octanol–water partition coefficient (Wildman–Crippen LogP) is 1.04. The van der Waals surface area contributed by atoms with Gasteiger partial charge in [0.15, 0.2) is 0 Å². The second-order valence-corrected chi connectivity index (χ2v) is 3.57. The van der Waals surface area contributed by atoms with Crippen molar-refractivity contribution >= 4 is 5.91 Å². The summed E-state index contributed by atoms with van der Waals surface area (Å²) in [5, 5.41) is 0. The van der Waals surface area contributed by atoms with Gasteiger partial charge in [0.2, 0.25) is 0 Å². The molecule has 0 heterocycles. The molecule has 0 bridgehead atoms. The van der Waals surface area contributed by atoms with E-state index in [0.29, 0.717) is 5.56 Å². The topological polar surface area (TPSA) is 41.6 Å². The first kappa shape index (κ1) is 11.7. The largest absolute Gasteiger partial charge is 0.305 e. The van der Waals surface area contributed by atoms with Crippen LogP contribution in [0.1, 0.15) is 15.9 Å². The molecule has 82 valence electrons. The van der Waals surface area contributed by atoms with Gasteiger partial charge in [-0.25, -0.2) is 5.48 Å². The van der Waals surface area contributed by atoms with E-state index in [9.17, 15) is 4.79 Å². The molecule has 1 aromatic rings. The van der Waals surface area contributed by atoms with Crippen LogP contribution in [0.15, 0.2) is 24.3 Å². The van der Waals surface area contributed by atoms with Crippen molar-refractivity contribution in [3.63, 3.8) is 0 Å². The Kier molecular flexibility index (Phi) is 4.27. The summed E-state index contributed by atoms with van der Waals surface area (Å²) in [6.45, 7) is 0.867. The maximum atomic E-state index is 11.3. The van der Waals surface area contributed by atoms with Gasteiger partial charge in [-0.3, -0.25) is 9.63 Å². The lowest BCUT2D eigenvalue weighted by Gasteiger charge is -2.09. The Morgan fingerprint density at radius 1 is 1.33 bits per heavy atom. The average Bonchev–Trinajstić information content (AvgIpc) is 2.18. The van der Waals surface area contributed by atoms with E-state index in [1.807, 2.05) is 26.2 Å². The standard InChI is InChI=1S/C11H16N2O2/c1-13(2)8-9-4-6-10(7-5-9)11(14)12-15-3/h4-7H,8H2,1-3H3,(H,12,14). The van der Waals surface area contributed by atoms with Gasteiger partial charge >= 0.3 is 0 Å². The zero-order valence-corrected chi connectivity index (χ0v) is 9.28. The van der Waals surface area contributed by atoms with Gasteiger partial charge < -0.3 is 4.90 Å². The highest BCUT2D eigenvalue weighted by Gasteiger charge is 2.04. The Labute approximate surface area is 89.8 Å². The predicted molar refractivity (Wildman–Crippen MR) is 58.3 cm³/mol. The minimum absolute atomic E-state index is 0.228. The number of amides is 1. The maximum Gasteiger partial charge on any atom is 0.274 e. The molecule has 0 aliphatic rings. The van der Waals surface area contributed by atoms with Crippen LogP contribution >= 0.6 is 0 Å². The molecule has 0 radical (unpaired) electrons. The lowest BCUT2D eigenvalue weighted by atomic mass is 10.1. The zero-order valence-electron chi connectivity index (χ0n) is 9.28. The molecular weight excluding hydrogens is 192 g/mol. The molecule has 0 saturated heterocycles. The lowest BCUT2D eigenvalue weighted by Crippen LogP contribution is -2.21. The summed E-state index contributed by atoms with van der Waals surface area (Å²) in [4.78, 5) is 18.0. The highest BCUT2D eigenvalue weighted by Crippen LogP contribution is 2.05. The summed E-state index contributed by atoms with van der Waals surface area (Å²) in [7, 11) is 5.43. The van der Waals surface area contributed by atoms with Crippen molar-refractivity contribution in [3.8, 4) is 0 Å². The molecule has 15 heavy (non-hydrogen) atoms. The first-order valence-corrected chi connectivity index (χ1v) is 4.70. The molecule has 1 N–H and O–H groups in total. The van der Waals surface area contributed by atoms with Crippen molar-refractivity contribution in [2.45, 2.75) is 6.54 Å². The van der Waals surface area contributed by atoms with Gasteiger partial charge in [-0.1, -0.05) is 12.1 Å². The van der Waals surface area contributed by atoms with Gasteiger partial charge in [-0.15, -0.1) is 0 Å². The highest BCUT2D eigenvalue weighted by atomic mass is 16.6. The van der Waals surface area contributed by atoms with E-state index in [1.165, 1.54) is 12.7 Å². The van der Waals surface area contributed by atoms with Gasteiger partial charge in [-0.2, -0.15) is 0 Å². The third-order valence-electron chi connectivity index (χ3n) is 1.91. The summed E-state index contributed by atoms with van der Waals surface area (Å²) in [5.41, 5.74) is 4.04. The third-order valence-corrected chi connectivity index (χ3v) is 1.91. The molecule has 0 spiro atoms. The van der Waals surface area contributed by atoms with Crippen LogP contribution in [0, 0.1) is 0 Å². The summed E-state index contributed by atoms with van der Waals surface area (Å²) in [6.07, 6.45) is 0. The number of nitrogens with one attached hydrogen (secondary N) is 1. The number of nitrogens with zero attached hydrogens (tertiary/aromatic N) is 1. The number of hydroxylamine groups is 1. The molecule has 4 nitrogen and oxygen atoms in total. The van der Waals surface area contributed by atoms with Crippen LogP contribution in [0.2, 0.25) is 0 Å². The summed E-state index contributed by atoms with van der Waals surface area (Å²) in [6, 6.07) is 7.44. The first-order chi connectivity index (χ1) is 7.13. The van der Waals surface area contributed by atoms with Gasteiger partial charge in [0.1, 0.15) is 0 Å². The normalized spacial score (nSPS) is 10.4. The molecule has 0 aromatic heterocycles. The molecule has 1 aromatic carbocycles. The van der Waals surface area contributed by atoms with E-state index in [0.717, 1.165) is 6.54 Å². The molecule has 1 rings (SSSR count). The number of carbonyl (C=O) groups excluding carboxylic acids is 1. The number of hydrogen-bond donors (Lipinski definition) is 1. The number of carbonyl (C=O) groups is 1. The monoisotopic (exact) mass is 208 g/mol. The first-order valence-electron chi connectivity index (χ1n) is 4.70. The van der Waals surface area contributed by atoms with E-state index >= 15 is 0 Å². The summed E-state index contributed by atoms with van der Waals surface area (Å²) >= 11 is 0. The Bertz CT molecular complexity index is 320. The fourth-order valence-corrected chi connectivity index (χ4v) is 1.28. The molecule has 4 heteroatoms. The van der Waals surface area contributed by atoms with Crippen LogP contribution in [-0.4, -0.2) is 32.0 Å². The summed E-state index contributed by atoms with van der Waals surface area (Å²) in [5.74, 6) is -0.228. The molecule has 0 fully saturated rings. The summed E-state index contributed by atoms with van der Waals surface area (Å²) < 4.78 is 0. The van der Waals surface area contributed by atoms with E-state index in [-0.39, 0.29) is 5.91 Å². The van der Waals surface area contributed by atoms with E-state index in [2.05, 4.69) is 15.2 Å². The van der Waals surface area contributed by atoms with Crippen LogP contribution in [-0.2, 0) is 11.4 Å². The molecule has 0 saturated carbocycles. The maximum absolute atomic E-state index is 11.3. The van der Waals surface area contributed by atoms with Crippen molar-refractivity contribution in [1.29, 1.82) is 0 Å². The second kappa shape index (κ2) is 5.48. The molecular formula is C11H16N2O2. The fraction of sp³-hybridized carbons (Fsp3) is 0.364. The van der Waals surface area contributed by atoms with Gasteiger partial charge in [0, 0.05) is 12.1 Å². The minimum Gasteiger partial charge on any atom is -0.305 e.